The maximum Gasteiger partial charge on any atom is 0.219 e. The average molecular weight is 286 g/mol. The third-order valence-corrected chi connectivity index (χ3v) is 3.13. The van der Waals surface area contributed by atoms with Crippen molar-refractivity contribution in [1.29, 1.82) is 0 Å². The van der Waals surface area contributed by atoms with E-state index in [-0.39, 0.29) is 0 Å². The Bertz CT molecular complexity index is 538. The molecule has 1 atom stereocenters. The van der Waals surface area contributed by atoms with Gasteiger partial charge in [0, 0.05) is 18.3 Å². The summed E-state index contributed by atoms with van der Waals surface area (Å²) >= 11 is 0. The van der Waals surface area contributed by atoms with Crippen molar-refractivity contribution in [1.82, 2.24) is 10.3 Å². The van der Waals surface area contributed by atoms with Gasteiger partial charge in [-0.15, -0.1) is 0 Å². The number of benzene rings is 1. The maximum atomic E-state index is 5.72. The Morgan fingerprint density at radius 2 is 1.76 bits per heavy atom. The maximum absolute atomic E-state index is 5.72. The van der Waals surface area contributed by atoms with Crippen molar-refractivity contribution in [2.75, 3.05) is 13.2 Å². The van der Waals surface area contributed by atoms with Gasteiger partial charge in [-0.2, -0.15) is 0 Å². The highest BCUT2D eigenvalue weighted by Gasteiger charge is 2.05. The zero-order valence-electron chi connectivity index (χ0n) is 12.8. The van der Waals surface area contributed by atoms with Gasteiger partial charge in [-0.1, -0.05) is 13.0 Å². The molecule has 0 amide bonds. The van der Waals surface area contributed by atoms with E-state index in [0.29, 0.717) is 18.5 Å². The molecule has 0 fully saturated rings. The van der Waals surface area contributed by atoms with Crippen molar-refractivity contribution in [2.45, 2.75) is 26.8 Å². The molecule has 4 heteroatoms. The number of pyridine rings is 1. The van der Waals surface area contributed by atoms with Crippen molar-refractivity contribution < 1.29 is 9.47 Å². The molecule has 4 nitrogen and oxygen atoms in total. The first kappa shape index (κ1) is 15.3. The van der Waals surface area contributed by atoms with Crippen LogP contribution in [0.5, 0.6) is 17.4 Å². The highest BCUT2D eigenvalue weighted by molar-refractivity contribution is 5.34. The van der Waals surface area contributed by atoms with Crippen molar-refractivity contribution >= 4 is 0 Å². The third-order valence-electron chi connectivity index (χ3n) is 3.13. The summed E-state index contributed by atoms with van der Waals surface area (Å²) in [6, 6.07) is 11.7. The molecule has 2 aromatic rings. The quantitative estimate of drug-likeness (QED) is 0.837. The highest BCUT2D eigenvalue weighted by atomic mass is 16.5. The zero-order chi connectivity index (χ0) is 15.1. The first-order chi connectivity index (χ1) is 10.2. The average Bonchev–Trinajstić information content (AvgIpc) is 2.50. The van der Waals surface area contributed by atoms with E-state index in [0.717, 1.165) is 23.6 Å². The minimum atomic E-state index is 0.294. The molecule has 0 aliphatic heterocycles. The summed E-state index contributed by atoms with van der Waals surface area (Å²) in [4.78, 5) is 4.34. The van der Waals surface area contributed by atoms with E-state index < -0.39 is 0 Å². The zero-order valence-corrected chi connectivity index (χ0v) is 12.8. The first-order valence-corrected chi connectivity index (χ1v) is 7.33. The summed E-state index contributed by atoms with van der Waals surface area (Å²) in [5.74, 6) is 2.18. The summed E-state index contributed by atoms with van der Waals surface area (Å²) in [6.45, 7) is 7.77. The lowest BCUT2D eigenvalue weighted by molar-refractivity contribution is 0.339. The second-order valence-corrected chi connectivity index (χ2v) is 4.72. The van der Waals surface area contributed by atoms with Gasteiger partial charge in [-0.25, -0.2) is 4.98 Å². The molecule has 0 spiro atoms. The number of nitrogens with one attached hydrogen (secondary N) is 1. The van der Waals surface area contributed by atoms with Gasteiger partial charge in [0.1, 0.15) is 11.5 Å². The summed E-state index contributed by atoms with van der Waals surface area (Å²) < 4.78 is 11.1. The van der Waals surface area contributed by atoms with Crippen LogP contribution in [-0.4, -0.2) is 18.1 Å². The number of hydrogen-bond acceptors (Lipinski definition) is 4. The Labute approximate surface area is 126 Å². The molecule has 0 aliphatic carbocycles. The SMILES string of the molecule is CCNC(C)c1ccc(Oc2ccc(OCC)cc2)nc1. The second kappa shape index (κ2) is 7.64. The van der Waals surface area contributed by atoms with Crippen LogP contribution in [0.4, 0.5) is 0 Å². The lowest BCUT2D eigenvalue weighted by Crippen LogP contribution is -2.17. The Hall–Kier alpha value is -2.07. The van der Waals surface area contributed by atoms with Crippen LogP contribution >= 0.6 is 0 Å². The molecule has 2 rings (SSSR count). The highest BCUT2D eigenvalue weighted by Crippen LogP contribution is 2.23. The molecule has 0 saturated carbocycles. The lowest BCUT2D eigenvalue weighted by atomic mass is 10.1. The van der Waals surface area contributed by atoms with E-state index in [1.807, 2.05) is 49.5 Å². The fourth-order valence-electron chi connectivity index (χ4n) is 2.02. The number of nitrogens with zero attached hydrogens (tertiary/aromatic N) is 1. The van der Waals surface area contributed by atoms with Gasteiger partial charge in [-0.05, 0) is 50.2 Å². The van der Waals surface area contributed by atoms with Crippen molar-refractivity contribution in [3.63, 3.8) is 0 Å². The van der Waals surface area contributed by atoms with Gasteiger partial charge in [0.2, 0.25) is 5.88 Å². The Balaban J connectivity index is 1.99. The molecule has 1 aromatic heterocycles. The molecule has 0 radical (unpaired) electrons. The number of hydrogen-bond donors (Lipinski definition) is 1. The van der Waals surface area contributed by atoms with Crippen molar-refractivity contribution in [2.24, 2.45) is 0 Å². The van der Waals surface area contributed by atoms with Gasteiger partial charge in [0.25, 0.3) is 0 Å². The molecule has 1 unspecified atom stereocenters. The molecular formula is C17H22N2O2. The molecule has 0 saturated heterocycles. The van der Waals surface area contributed by atoms with E-state index in [2.05, 4.69) is 24.1 Å². The topological polar surface area (TPSA) is 43.4 Å². The Kier molecular flexibility index (Phi) is 5.58. The molecule has 21 heavy (non-hydrogen) atoms. The van der Waals surface area contributed by atoms with Gasteiger partial charge in [0.05, 0.1) is 6.61 Å². The van der Waals surface area contributed by atoms with E-state index in [4.69, 9.17) is 9.47 Å². The molecular weight excluding hydrogens is 264 g/mol. The van der Waals surface area contributed by atoms with Crippen molar-refractivity contribution in [3.8, 4) is 17.4 Å². The third kappa shape index (κ3) is 4.46. The van der Waals surface area contributed by atoms with Crippen LogP contribution < -0.4 is 14.8 Å². The predicted molar refractivity (Wildman–Crippen MR) is 84.0 cm³/mol. The van der Waals surface area contributed by atoms with Gasteiger partial charge in [-0.3, -0.25) is 0 Å². The summed E-state index contributed by atoms with van der Waals surface area (Å²) in [5, 5.41) is 3.35. The van der Waals surface area contributed by atoms with Gasteiger partial charge >= 0.3 is 0 Å². The van der Waals surface area contributed by atoms with Crippen molar-refractivity contribution in [3.05, 3.63) is 48.2 Å². The normalized spacial score (nSPS) is 12.0. The van der Waals surface area contributed by atoms with Crippen LogP contribution in [0.15, 0.2) is 42.6 Å². The standard InChI is InChI=1S/C17H22N2O2/c1-4-18-13(3)14-6-11-17(19-12-14)21-16-9-7-15(8-10-16)20-5-2/h6-13,18H,4-5H2,1-3H3. The minimum absolute atomic E-state index is 0.294. The predicted octanol–water partition coefficient (Wildman–Crippen LogP) is 3.94. The Morgan fingerprint density at radius 3 is 2.33 bits per heavy atom. The van der Waals surface area contributed by atoms with E-state index in [1.54, 1.807) is 0 Å². The molecule has 1 aromatic carbocycles. The van der Waals surface area contributed by atoms with Crippen LogP contribution in [0.3, 0.4) is 0 Å². The second-order valence-electron chi connectivity index (χ2n) is 4.72. The molecule has 1 N–H and O–H groups in total. The lowest BCUT2D eigenvalue weighted by Gasteiger charge is -2.12. The number of ether oxygens (including phenoxy) is 2. The van der Waals surface area contributed by atoms with E-state index in [9.17, 15) is 0 Å². The van der Waals surface area contributed by atoms with Crippen LogP contribution in [0.25, 0.3) is 0 Å². The largest absolute Gasteiger partial charge is 0.494 e. The number of rotatable bonds is 7. The summed E-state index contributed by atoms with van der Waals surface area (Å²) in [7, 11) is 0. The van der Waals surface area contributed by atoms with Crippen LogP contribution in [-0.2, 0) is 0 Å². The van der Waals surface area contributed by atoms with Crippen LogP contribution in [0.2, 0.25) is 0 Å². The fraction of sp³-hybridized carbons (Fsp3) is 0.353. The summed E-state index contributed by atoms with van der Waals surface area (Å²) in [5.41, 5.74) is 1.15. The molecule has 112 valence electrons. The first-order valence-electron chi connectivity index (χ1n) is 7.33. The summed E-state index contributed by atoms with van der Waals surface area (Å²) in [6.07, 6.45) is 1.84. The van der Waals surface area contributed by atoms with Crippen LogP contribution in [0.1, 0.15) is 32.4 Å². The van der Waals surface area contributed by atoms with Crippen LogP contribution in [0, 0.1) is 0 Å². The number of aromatic nitrogens is 1. The monoisotopic (exact) mass is 286 g/mol. The van der Waals surface area contributed by atoms with Gasteiger partial charge in [0.15, 0.2) is 0 Å². The fourth-order valence-corrected chi connectivity index (χ4v) is 2.02. The molecule has 0 bridgehead atoms. The molecule has 0 aliphatic rings. The van der Waals surface area contributed by atoms with Gasteiger partial charge < -0.3 is 14.8 Å². The minimum Gasteiger partial charge on any atom is -0.494 e. The van der Waals surface area contributed by atoms with E-state index in [1.165, 1.54) is 0 Å². The smallest absolute Gasteiger partial charge is 0.219 e. The van der Waals surface area contributed by atoms with E-state index >= 15 is 0 Å². The Morgan fingerprint density at radius 1 is 1.05 bits per heavy atom. The molecule has 1 heterocycles.